The topological polar surface area (TPSA) is 134 Å². The lowest BCUT2D eigenvalue weighted by Crippen LogP contribution is -2.26. The van der Waals surface area contributed by atoms with Crippen LogP contribution in [0.4, 0.5) is 11.6 Å². The lowest BCUT2D eigenvalue weighted by Gasteiger charge is -2.22. The Bertz CT molecular complexity index is 1030. The third-order valence-electron chi connectivity index (χ3n) is 6.16. The number of hydrogen-bond acceptors (Lipinski definition) is 8. The van der Waals surface area contributed by atoms with Crippen LogP contribution in [-0.2, 0) is 4.74 Å². The number of benzene rings is 1. The molecular formula is C25H34N6O3. The molecular weight excluding hydrogens is 432 g/mol. The van der Waals surface area contributed by atoms with Gasteiger partial charge in [0, 0.05) is 55.7 Å². The van der Waals surface area contributed by atoms with Gasteiger partial charge < -0.3 is 31.5 Å². The molecule has 0 spiro atoms. The number of nitrogens with zero attached hydrogens (tertiary/aromatic N) is 2. The minimum Gasteiger partial charge on any atom is -0.404 e. The third kappa shape index (κ3) is 6.24. The van der Waals surface area contributed by atoms with Crippen molar-refractivity contribution in [3.05, 3.63) is 53.0 Å². The van der Waals surface area contributed by atoms with Gasteiger partial charge in [-0.25, -0.2) is 9.97 Å². The zero-order valence-electron chi connectivity index (χ0n) is 19.6. The van der Waals surface area contributed by atoms with Crippen LogP contribution < -0.4 is 21.7 Å². The van der Waals surface area contributed by atoms with Crippen LogP contribution in [0, 0.1) is 12.8 Å². The van der Waals surface area contributed by atoms with Gasteiger partial charge in [-0.05, 0) is 55.7 Å². The van der Waals surface area contributed by atoms with Gasteiger partial charge in [0.1, 0.15) is 11.6 Å². The van der Waals surface area contributed by atoms with Crippen LogP contribution >= 0.6 is 0 Å². The number of aliphatic hydroxyl groups excluding tert-OH is 1. The highest BCUT2D eigenvalue weighted by Gasteiger charge is 2.24. The highest BCUT2D eigenvalue weighted by molar-refractivity contribution is 5.96. The summed E-state index contributed by atoms with van der Waals surface area (Å²) in [6, 6.07) is 7.78. The summed E-state index contributed by atoms with van der Waals surface area (Å²) >= 11 is 0. The van der Waals surface area contributed by atoms with E-state index >= 15 is 0 Å². The van der Waals surface area contributed by atoms with E-state index in [0.29, 0.717) is 47.1 Å². The molecule has 2 heterocycles. The molecule has 9 nitrogen and oxygen atoms in total. The molecule has 2 aliphatic rings. The fourth-order valence-corrected chi connectivity index (χ4v) is 4.01. The predicted octanol–water partition coefficient (Wildman–Crippen LogP) is 2.27. The number of nitrogens with two attached hydrogens (primary N) is 1. The Morgan fingerprint density at radius 1 is 1.15 bits per heavy atom. The Labute approximate surface area is 200 Å². The third-order valence-corrected chi connectivity index (χ3v) is 6.16. The first-order valence-electron chi connectivity index (χ1n) is 12.0. The zero-order chi connectivity index (χ0) is 23.9. The van der Waals surface area contributed by atoms with Crippen molar-refractivity contribution < 1.29 is 14.6 Å². The first-order valence-corrected chi connectivity index (χ1v) is 12.0. The first kappa shape index (κ1) is 24.0. The number of carbonyl (C=O) groups is 1. The summed E-state index contributed by atoms with van der Waals surface area (Å²) in [4.78, 5) is 21.9. The van der Waals surface area contributed by atoms with E-state index in [1.54, 1.807) is 0 Å². The number of aliphatic hydroxyl groups is 1. The number of amides is 1. The van der Waals surface area contributed by atoms with Gasteiger partial charge in [0.05, 0.1) is 6.61 Å². The number of nitrogens with one attached hydrogen (secondary N) is 3. The summed E-state index contributed by atoms with van der Waals surface area (Å²) in [7, 11) is 0. The van der Waals surface area contributed by atoms with Crippen molar-refractivity contribution in [2.45, 2.75) is 38.6 Å². The van der Waals surface area contributed by atoms with Crippen molar-refractivity contribution in [3.8, 4) is 0 Å². The fraction of sp³-hybridized carbons (Fsp3) is 0.480. The molecule has 1 aromatic carbocycles. The van der Waals surface area contributed by atoms with Gasteiger partial charge >= 0.3 is 0 Å². The Morgan fingerprint density at radius 3 is 2.53 bits per heavy atom. The number of rotatable bonds is 10. The van der Waals surface area contributed by atoms with E-state index in [1.807, 2.05) is 31.2 Å². The minimum absolute atomic E-state index is 0.00661. The van der Waals surface area contributed by atoms with Gasteiger partial charge in [0.2, 0.25) is 0 Å². The van der Waals surface area contributed by atoms with Crippen LogP contribution in [0.25, 0.3) is 5.57 Å². The first-order chi connectivity index (χ1) is 16.6. The molecule has 4 rings (SSSR count). The van der Waals surface area contributed by atoms with Crippen LogP contribution in [-0.4, -0.2) is 59.9 Å². The molecule has 2 fully saturated rings. The van der Waals surface area contributed by atoms with Crippen LogP contribution in [0.3, 0.4) is 0 Å². The monoisotopic (exact) mass is 466 g/mol. The van der Waals surface area contributed by atoms with Gasteiger partial charge in [-0.3, -0.25) is 4.79 Å². The maximum atomic E-state index is 12.5. The normalized spacial score (nSPS) is 16.8. The van der Waals surface area contributed by atoms with Gasteiger partial charge in [-0.1, -0.05) is 12.1 Å². The molecule has 182 valence electrons. The Balaban J connectivity index is 1.56. The maximum Gasteiger partial charge on any atom is 0.251 e. The summed E-state index contributed by atoms with van der Waals surface area (Å²) in [5.41, 5.74) is 9.05. The number of anilines is 2. The number of aromatic nitrogens is 2. The zero-order valence-corrected chi connectivity index (χ0v) is 19.6. The van der Waals surface area contributed by atoms with E-state index in [1.165, 1.54) is 6.20 Å². The standard InChI is InChI=1S/C25H34N6O3/c1-16-12-18(2-5-20(16)25(33)29-19-3-4-19)21(14-26)24-30-22(27-8-9-32)13-23(31-24)28-15-17-6-10-34-11-7-17/h2,5,12-14,17,19,32H,3-4,6-11,15,26H2,1H3,(H,29,33)(H2,27,28,30,31). The molecule has 0 radical (unpaired) electrons. The smallest absolute Gasteiger partial charge is 0.251 e. The summed E-state index contributed by atoms with van der Waals surface area (Å²) in [6.45, 7) is 4.66. The average molecular weight is 467 g/mol. The molecule has 2 aromatic rings. The molecule has 1 amide bonds. The van der Waals surface area contributed by atoms with Gasteiger partial charge in [0.15, 0.2) is 5.82 Å². The Hall–Kier alpha value is -3.17. The predicted molar refractivity (Wildman–Crippen MR) is 133 cm³/mol. The molecule has 34 heavy (non-hydrogen) atoms. The van der Waals surface area contributed by atoms with Crippen LogP contribution in [0.5, 0.6) is 0 Å². The second-order valence-corrected chi connectivity index (χ2v) is 8.91. The quantitative estimate of drug-likeness (QED) is 0.360. The van der Waals surface area contributed by atoms with Crippen LogP contribution in [0.1, 0.15) is 53.0 Å². The van der Waals surface area contributed by atoms with Crippen LogP contribution in [0.15, 0.2) is 30.5 Å². The second-order valence-electron chi connectivity index (χ2n) is 8.91. The van der Waals surface area contributed by atoms with E-state index in [0.717, 1.165) is 56.6 Å². The number of aryl methyl sites for hydroxylation is 1. The molecule has 1 aromatic heterocycles. The molecule has 0 bridgehead atoms. The number of hydrogen-bond donors (Lipinski definition) is 5. The van der Waals surface area contributed by atoms with E-state index in [9.17, 15) is 9.90 Å². The Kier molecular flexibility index (Phi) is 7.97. The van der Waals surface area contributed by atoms with Crippen molar-refractivity contribution in [2.24, 2.45) is 11.7 Å². The molecule has 1 aliphatic heterocycles. The minimum atomic E-state index is -0.0455. The SMILES string of the molecule is Cc1cc(C(=CN)c2nc(NCCO)cc(NCC3CCOCC3)n2)ccc1C(=O)NC1CC1. The lowest BCUT2D eigenvalue weighted by molar-refractivity contribution is 0.0699. The average Bonchev–Trinajstić information content (AvgIpc) is 3.66. The lowest BCUT2D eigenvalue weighted by atomic mass is 9.99. The van der Waals surface area contributed by atoms with Crippen molar-refractivity contribution in [1.82, 2.24) is 15.3 Å². The highest BCUT2D eigenvalue weighted by Crippen LogP contribution is 2.26. The van der Waals surface area contributed by atoms with Crippen molar-refractivity contribution in [1.29, 1.82) is 0 Å². The van der Waals surface area contributed by atoms with Crippen molar-refractivity contribution in [3.63, 3.8) is 0 Å². The molecule has 1 saturated heterocycles. The van der Waals surface area contributed by atoms with Crippen LogP contribution in [0.2, 0.25) is 0 Å². The van der Waals surface area contributed by atoms with Gasteiger partial charge in [-0.2, -0.15) is 0 Å². The molecule has 6 N–H and O–H groups in total. The highest BCUT2D eigenvalue weighted by atomic mass is 16.5. The molecule has 9 heteroatoms. The van der Waals surface area contributed by atoms with E-state index in [4.69, 9.17) is 15.5 Å². The van der Waals surface area contributed by atoms with Crippen molar-refractivity contribution in [2.75, 3.05) is 43.5 Å². The molecule has 1 aliphatic carbocycles. The fourth-order valence-electron chi connectivity index (χ4n) is 4.01. The summed E-state index contributed by atoms with van der Waals surface area (Å²) in [5.74, 6) is 2.24. The van der Waals surface area contributed by atoms with E-state index in [2.05, 4.69) is 20.9 Å². The van der Waals surface area contributed by atoms with E-state index < -0.39 is 0 Å². The van der Waals surface area contributed by atoms with Gasteiger partial charge in [0.25, 0.3) is 5.91 Å². The maximum absolute atomic E-state index is 12.5. The molecule has 0 atom stereocenters. The number of carbonyl (C=O) groups excluding carboxylic acids is 1. The van der Waals surface area contributed by atoms with Gasteiger partial charge in [-0.15, -0.1) is 0 Å². The summed E-state index contributed by atoms with van der Waals surface area (Å²) in [6.07, 6.45) is 5.63. The Morgan fingerprint density at radius 2 is 1.88 bits per heavy atom. The number of ether oxygens (including phenoxy) is 1. The molecule has 0 unspecified atom stereocenters. The van der Waals surface area contributed by atoms with E-state index in [-0.39, 0.29) is 12.5 Å². The second kappa shape index (κ2) is 11.3. The largest absolute Gasteiger partial charge is 0.404 e. The summed E-state index contributed by atoms with van der Waals surface area (Å²) in [5, 5.41) is 18.8. The van der Waals surface area contributed by atoms with Crippen molar-refractivity contribution >= 4 is 23.1 Å². The molecule has 1 saturated carbocycles. The summed E-state index contributed by atoms with van der Waals surface area (Å²) < 4.78 is 5.45.